The number of aromatic nitrogens is 1. The number of pyridine rings is 1. The first-order valence-corrected chi connectivity index (χ1v) is 10.7. The third kappa shape index (κ3) is 5.19. The van der Waals surface area contributed by atoms with Gasteiger partial charge >= 0.3 is 0 Å². The van der Waals surface area contributed by atoms with E-state index >= 15 is 0 Å². The van der Waals surface area contributed by atoms with E-state index in [1.54, 1.807) is 30.5 Å². The van der Waals surface area contributed by atoms with Crippen LogP contribution in [0.25, 0.3) is 0 Å². The lowest BCUT2D eigenvalue weighted by Gasteiger charge is -2.28. The summed E-state index contributed by atoms with van der Waals surface area (Å²) in [6.07, 6.45) is 2.19. The maximum Gasteiger partial charge on any atom is 0.262 e. The average Bonchev–Trinajstić information content (AvgIpc) is 3.02. The van der Waals surface area contributed by atoms with Crippen molar-refractivity contribution < 1.29 is 17.9 Å². The standard InChI is InChI=1S/C19H23N3O4S/c1-2-22(16-10-11-27(24,25)14-16)18-9-8-15(12-20-18)21-19(23)13-26-17-6-4-3-5-7-17/h3-9,12,16H,2,10-11,13-14H2,1H3,(H,21,23). The molecule has 1 aromatic carbocycles. The fourth-order valence-electron chi connectivity index (χ4n) is 3.12. The number of carbonyl (C=O) groups excluding carboxylic acids is 1. The summed E-state index contributed by atoms with van der Waals surface area (Å²) in [6, 6.07) is 12.6. The van der Waals surface area contributed by atoms with Gasteiger partial charge in [0.1, 0.15) is 11.6 Å². The van der Waals surface area contributed by atoms with Gasteiger partial charge in [-0.15, -0.1) is 0 Å². The van der Waals surface area contributed by atoms with Crippen LogP contribution >= 0.6 is 0 Å². The molecule has 8 heteroatoms. The van der Waals surface area contributed by atoms with Crippen molar-refractivity contribution in [3.8, 4) is 5.75 Å². The number of nitrogens with zero attached hydrogens (tertiary/aromatic N) is 2. The van der Waals surface area contributed by atoms with E-state index in [2.05, 4.69) is 10.3 Å². The summed E-state index contributed by atoms with van der Waals surface area (Å²) in [7, 11) is -2.95. The Morgan fingerprint density at radius 1 is 1.26 bits per heavy atom. The lowest BCUT2D eigenvalue weighted by molar-refractivity contribution is -0.118. The molecular weight excluding hydrogens is 366 g/mol. The van der Waals surface area contributed by atoms with Crippen LogP contribution in [0.2, 0.25) is 0 Å². The minimum absolute atomic E-state index is 0.0489. The van der Waals surface area contributed by atoms with Crippen LogP contribution < -0.4 is 15.0 Å². The number of rotatable bonds is 7. The number of sulfone groups is 1. The molecule has 1 aliphatic rings. The van der Waals surface area contributed by atoms with Gasteiger partial charge in [-0.05, 0) is 37.6 Å². The Kier molecular flexibility index (Phi) is 5.95. The quantitative estimate of drug-likeness (QED) is 0.780. The molecule has 1 aromatic heterocycles. The molecular formula is C19H23N3O4S. The zero-order valence-corrected chi connectivity index (χ0v) is 16.0. The first-order valence-electron chi connectivity index (χ1n) is 8.87. The van der Waals surface area contributed by atoms with Crippen LogP contribution in [0.1, 0.15) is 13.3 Å². The summed E-state index contributed by atoms with van der Waals surface area (Å²) in [5, 5.41) is 2.74. The van der Waals surface area contributed by atoms with Gasteiger partial charge in [-0.1, -0.05) is 18.2 Å². The average molecular weight is 389 g/mol. The first-order chi connectivity index (χ1) is 13.0. The largest absolute Gasteiger partial charge is 0.484 e. The van der Waals surface area contributed by atoms with Crippen LogP contribution in [0, 0.1) is 0 Å². The van der Waals surface area contributed by atoms with Gasteiger partial charge < -0.3 is 15.0 Å². The second-order valence-electron chi connectivity index (χ2n) is 6.40. The summed E-state index contributed by atoms with van der Waals surface area (Å²) in [5.41, 5.74) is 0.565. The van der Waals surface area contributed by atoms with Crippen LogP contribution in [0.4, 0.5) is 11.5 Å². The number of ether oxygens (including phenoxy) is 1. The normalized spacial score (nSPS) is 18.0. The van der Waals surface area contributed by atoms with Crippen molar-refractivity contribution in [2.45, 2.75) is 19.4 Å². The van der Waals surface area contributed by atoms with E-state index in [9.17, 15) is 13.2 Å². The molecule has 0 bridgehead atoms. The fraction of sp³-hybridized carbons (Fsp3) is 0.368. The van der Waals surface area contributed by atoms with Crippen LogP contribution in [-0.4, -0.2) is 50.0 Å². The molecule has 2 heterocycles. The number of hydrogen-bond acceptors (Lipinski definition) is 6. The van der Waals surface area contributed by atoms with Gasteiger partial charge in [-0.25, -0.2) is 13.4 Å². The third-order valence-corrected chi connectivity index (χ3v) is 6.18. The van der Waals surface area contributed by atoms with Crippen molar-refractivity contribution in [2.75, 3.05) is 34.9 Å². The number of anilines is 2. The van der Waals surface area contributed by atoms with E-state index in [1.807, 2.05) is 30.0 Å². The molecule has 0 aliphatic carbocycles. The highest BCUT2D eigenvalue weighted by Crippen LogP contribution is 2.23. The molecule has 1 N–H and O–H groups in total. The van der Waals surface area contributed by atoms with Crippen molar-refractivity contribution >= 4 is 27.2 Å². The van der Waals surface area contributed by atoms with E-state index in [0.717, 1.165) is 0 Å². The molecule has 1 saturated heterocycles. The van der Waals surface area contributed by atoms with Gasteiger partial charge in [-0.2, -0.15) is 0 Å². The molecule has 0 radical (unpaired) electrons. The molecule has 1 aliphatic heterocycles. The van der Waals surface area contributed by atoms with Crippen LogP contribution in [0.15, 0.2) is 48.7 Å². The molecule has 27 heavy (non-hydrogen) atoms. The molecule has 1 atom stereocenters. The lowest BCUT2D eigenvalue weighted by Crippen LogP contribution is -2.36. The second kappa shape index (κ2) is 8.39. The molecule has 1 unspecified atom stereocenters. The smallest absolute Gasteiger partial charge is 0.262 e. The number of nitrogens with one attached hydrogen (secondary N) is 1. The van der Waals surface area contributed by atoms with Crippen molar-refractivity contribution in [3.05, 3.63) is 48.7 Å². The van der Waals surface area contributed by atoms with E-state index in [1.165, 1.54) is 0 Å². The molecule has 0 saturated carbocycles. The maximum absolute atomic E-state index is 12.0. The molecule has 3 rings (SSSR count). The Balaban J connectivity index is 1.57. The van der Waals surface area contributed by atoms with Crippen molar-refractivity contribution in [2.24, 2.45) is 0 Å². The Bertz CT molecular complexity index is 870. The van der Waals surface area contributed by atoms with Crippen molar-refractivity contribution in [3.63, 3.8) is 0 Å². The zero-order valence-electron chi connectivity index (χ0n) is 15.2. The van der Waals surface area contributed by atoms with Crippen LogP contribution in [0.3, 0.4) is 0 Å². The number of para-hydroxylation sites is 1. The fourth-order valence-corrected chi connectivity index (χ4v) is 4.85. The zero-order chi connectivity index (χ0) is 19.3. The minimum Gasteiger partial charge on any atom is -0.484 e. The predicted molar refractivity (Wildman–Crippen MR) is 105 cm³/mol. The van der Waals surface area contributed by atoms with Crippen molar-refractivity contribution in [1.82, 2.24) is 4.98 Å². The lowest BCUT2D eigenvalue weighted by atomic mass is 10.2. The predicted octanol–water partition coefficient (Wildman–Crippen LogP) is 2.11. The highest BCUT2D eigenvalue weighted by Gasteiger charge is 2.32. The summed E-state index contributed by atoms with van der Waals surface area (Å²) < 4.78 is 28.9. The Hall–Kier alpha value is -2.61. The van der Waals surface area contributed by atoms with E-state index < -0.39 is 9.84 Å². The van der Waals surface area contributed by atoms with Crippen LogP contribution in [-0.2, 0) is 14.6 Å². The second-order valence-corrected chi connectivity index (χ2v) is 8.63. The van der Waals surface area contributed by atoms with E-state index in [-0.39, 0.29) is 30.1 Å². The Labute approximate surface area is 159 Å². The van der Waals surface area contributed by atoms with Gasteiger partial charge in [0.05, 0.1) is 23.4 Å². The van der Waals surface area contributed by atoms with Gasteiger partial charge in [-0.3, -0.25) is 4.79 Å². The third-order valence-electron chi connectivity index (χ3n) is 4.43. The van der Waals surface area contributed by atoms with Crippen LogP contribution in [0.5, 0.6) is 5.75 Å². The highest BCUT2D eigenvalue weighted by molar-refractivity contribution is 7.91. The Morgan fingerprint density at radius 2 is 2.04 bits per heavy atom. The molecule has 0 spiro atoms. The highest BCUT2D eigenvalue weighted by atomic mass is 32.2. The van der Waals surface area contributed by atoms with Gasteiger partial charge in [0.15, 0.2) is 16.4 Å². The monoisotopic (exact) mass is 389 g/mol. The van der Waals surface area contributed by atoms with E-state index in [0.29, 0.717) is 30.2 Å². The topological polar surface area (TPSA) is 88.6 Å². The number of benzene rings is 1. The maximum atomic E-state index is 12.0. The van der Waals surface area contributed by atoms with Crippen molar-refractivity contribution in [1.29, 1.82) is 0 Å². The molecule has 1 fully saturated rings. The number of carbonyl (C=O) groups is 1. The van der Waals surface area contributed by atoms with Gasteiger partial charge in [0.2, 0.25) is 0 Å². The van der Waals surface area contributed by atoms with Gasteiger partial charge in [0, 0.05) is 12.6 Å². The number of amides is 1. The molecule has 2 aromatic rings. The number of hydrogen-bond donors (Lipinski definition) is 1. The summed E-state index contributed by atoms with van der Waals surface area (Å²) in [6.45, 7) is 2.56. The summed E-state index contributed by atoms with van der Waals surface area (Å²) >= 11 is 0. The molecule has 7 nitrogen and oxygen atoms in total. The first kappa shape index (κ1) is 19.2. The SMILES string of the molecule is CCN(c1ccc(NC(=O)COc2ccccc2)cn1)C1CCS(=O)(=O)C1. The minimum atomic E-state index is -2.95. The van der Waals surface area contributed by atoms with E-state index in [4.69, 9.17) is 4.74 Å². The summed E-state index contributed by atoms with van der Waals surface area (Å²) in [5.74, 6) is 1.45. The van der Waals surface area contributed by atoms with Gasteiger partial charge in [0.25, 0.3) is 5.91 Å². The molecule has 1 amide bonds. The summed E-state index contributed by atoms with van der Waals surface area (Å²) in [4.78, 5) is 18.4. The molecule has 144 valence electrons. The Morgan fingerprint density at radius 3 is 2.63 bits per heavy atom.